The summed E-state index contributed by atoms with van der Waals surface area (Å²) in [5, 5.41) is 0. The Morgan fingerprint density at radius 3 is 2.82 bits per heavy atom. The van der Waals surface area contributed by atoms with Gasteiger partial charge in [0.1, 0.15) is 6.10 Å². The van der Waals surface area contributed by atoms with E-state index in [1.165, 1.54) is 4.90 Å². The van der Waals surface area contributed by atoms with Crippen molar-refractivity contribution in [3.63, 3.8) is 0 Å². The zero-order valence-electron chi connectivity index (χ0n) is 12.9. The lowest BCUT2D eigenvalue weighted by atomic mass is 9.98. The third-order valence-corrected chi connectivity index (χ3v) is 3.62. The maximum Gasteiger partial charge on any atom is 0.417 e. The summed E-state index contributed by atoms with van der Waals surface area (Å²) in [5.74, 6) is 0.00526. The first-order chi connectivity index (χ1) is 10.7. The molecule has 2 atom stereocenters. The molecule has 0 radical (unpaired) electrons. The lowest BCUT2D eigenvalue weighted by Gasteiger charge is -2.15. The number of carbonyl (C=O) groups is 2. The first kappa shape index (κ1) is 16.2. The minimum absolute atomic E-state index is 0.152. The van der Waals surface area contributed by atoms with Gasteiger partial charge in [0.15, 0.2) is 0 Å². The summed E-state index contributed by atoms with van der Waals surface area (Å²) >= 11 is 0. The average molecular weight is 307 g/mol. The van der Waals surface area contributed by atoms with E-state index in [0.29, 0.717) is 38.4 Å². The van der Waals surface area contributed by atoms with Crippen LogP contribution in [0.2, 0.25) is 0 Å². The van der Waals surface area contributed by atoms with Crippen LogP contribution in [0.3, 0.4) is 0 Å². The Morgan fingerprint density at radius 1 is 1.45 bits per heavy atom. The van der Waals surface area contributed by atoms with Crippen molar-refractivity contribution in [2.24, 2.45) is 5.92 Å². The maximum absolute atomic E-state index is 11.9. The monoisotopic (exact) mass is 307 g/mol. The Kier molecular flexibility index (Phi) is 5.68. The van der Waals surface area contributed by atoms with Gasteiger partial charge in [-0.15, -0.1) is 0 Å². The van der Waals surface area contributed by atoms with Gasteiger partial charge in [0.25, 0.3) is 0 Å². The minimum Gasteiger partial charge on any atom is -0.466 e. The molecule has 7 nitrogen and oxygen atoms in total. The molecule has 120 valence electrons. The molecule has 2 rings (SSSR count). The van der Waals surface area contributed by atoms with E-state index < -0.39 is 6.09 Å². The molecule has 0 bridgehead atoms. The number of ether oxygens (including phenoxy) is 2. The van der Waals surface area contributed by atoms with Crippen LogP contribution in [-0.4, -0.2) is 41.3 Å². The molecule has 7 heteroatoms. The molecule has 0 N–H and O–H groups in total. The summed E-state index contributed by atoms with van der Waals surface area (Å²) in [6, 6.07) is 1.69. The van der Waals surface area contributed by atoms with E-state index in [2.05, 4.69) is 9.97 Å². The van der Waals surface area contributed by atoms with E-state index in [0.717, 1.165) is 0 Å². The summed E-state index contributed by atoms with van der Waals surface area (Å²) in [4.78, 5) is 33.1. The fraction of sp³-hybridized carbons (Fsp3) is 0.600. The van der Waals surface area contributed by atoms with Gasteiger partial charge in [-0.05, 0) is 32.3 Å². The third kappa shape index (κ3) is 3.93. The fourth-order valence-electron chi connectivity index (χ4n) is 2.40. The van der Waals surface area contributed by atoms with E-state index in [-0.39, 0.29) is 18.0 Å². The van der Waals surface area contributed by atoms with Gasteiger partial charge in [0, 0.05) is 12.4 Å². The number of nitrogens with zero attached hydrogens (tertiary/aromatic N) is 3. The Bertz CT molecular complexity index is 509. The predicted molar refractivity (Wildman–Crippen MR) is 79.3 cm³/mol. The second-order valence-corrected chi connectivity index (χ2v) is 5.10. The number of rotatable bonds is 7. The second kappa shape index (κ2) is 7.72. The number of amides is 1. The van der Waals surface area contributed by atoms with Crippen molar-refractivity contribution in [1.82, 2.24) is 9.97 Å². The van der Waals surface area contributed by atoms with Crippen molar-refractivity contribution in [2.75, 3.05) is 18.1 Å². The average Bonchev–Trinajstić information content (AvgIpc) is 2.90. The molecule has 2 heterocycles. The number of carbonyl (C=O) groups excluding carboxylic acids is 2. The van der Waals surface area contributed by atoms with Gasteiger partial charge in [-0.1, -0.05) is 6.92 Å². The van der Waals surface area contributed by atoms with Crippen molar-refractivity contribution in [3.05, 3.63) is 18.5 Å². The molecule has 22 heavy (non-hydrogen) atoms. The molecule has 1 aliphatic rings. The topological polar surface area (TPSA) is 81.6 Å². The summed E-state index contributed by atoms with van der Waals surface area (Å²) in [6.45, 7) is 4.53. The lowest BCUT2D eigenvalue weighted by molar-refractivity contribution is -0.148. The highest BCUT2D eigenvalue weighted by atomic mass is 16.6. The van der Waals surface area contributed by atoms with Crippen LogP contribution in [-0.2, 0) is 14.3 Å². The summed E-state index contributed by atoms with van der Waals surface area (Å²) in [6.07, 6.45) is 4.43. The van der Waals surface area contributed by atoms with Gasteiger partial charge < -0.3 is 9.47 Å². The Morgan fingerprint density at radius 2 is 2.18 bits per heavy atom. The van der Waals surface area contributed by atoms with Crippen molar-refractivity contribution >= 4 is 18.0 Å². The fourth-order valence-corrected chi connectivity index (χ4v) is 2.40. The van der Waals surface area contributed by atoms with Crippen LogP contribution in [0.1, 0.15) is 33.1 Å². The van der Waals surface area contributed by atoms with E-state index in [4.69, 9.17) is 9.47 Å². The van der Waals surface area contributed by atoms with E-state index >= 15 is 0 Å². The van der Waals surface area contributed by atoms with Crippen LogP contribution in [0.15, 0.2) is 18.5 Å². The molecule has 1 fully saturated rings. The van der Waals surface area contributed by atoms with Crippen molar-refractivity contribution in [3.8, 4) is 0 Å². The van der Waals surface area contributed by atoms with Gasteiger partial charge in [0.2, 0.25) is 5.95 Å². The molecule has 0 aliphatic carbocycles. The number of hydrogen-bond acceptors (Lipinski definition) is 6. The molecule has 1 saturated heterocycles. The van der Waals surface area contributed by atoms with Crippen LogP contribution >= 0.6 is 0 Å². The van der Waals surface area contributed by atoms with Crippen molar-refractivity contribution < 1.29 is 19.1 Å². The van der Waals surface area contributed by atoms with Crippen LogP contribution in [0.25, 0.3) is 0 Å². The number of cyclic esters (lactones) is 1. The zero-order valence-corrected chi connectivity index (χ0v) is 12.9. The Hall–Kier alpha value is -2.18. The van der Waals surface area contributed by atoms with Crippen LogP contribution < -0.4 is 4.90 Å². The quantitative estimate of drug-likeness (QED) is 0.718. The van der Waals surface area contributed by atoms with E-state index in [1.54, 1.807) is 25.4 Å². The molecule has 0 unspecified atom stereocenters. The highest BCUT2D eigenvalue weighted by Gasteiger charge is 2.34. The summed E-state index contributed by atoms with van der Waals surface area (Å²) in [7, 11) is 0. The van der Waals surface area contributed by atoms with Gasteiger partial charge in [0.05, 0.1) is 19.1 Å². The van der Waals surface area contributed by atoms with E-state index in [1.807, 2.05) is 6.92 Å². The summed E-state index contributed by atoms with van der Waals surface area (Å²) in [5.41, 5.74) is 0. The second-order valence-electron chi connectivity index (χ2n) is 5.10. The number of anilines is 1. The molecular formula is C15H21N3O4. The van der Waals surface area contributed by atoms with Gasteiger partial charge in [-0.25, -0.2) is 19.7 Å². The number of hydrogen-bond donors (Lipinski definition) is 0. The summed E-state index contributed by atoms with van der Waals surface area (Å²) < 4.78 is 10.4. The molecule has 0 saturated carbocycles. The van der Waals surface area contributed by atoms with Gasteiger partial charge in [-0.3, -0.25) is 4.79 Å². The smallest absolute Gasteiger partial charge is 0.417 e. The molecule has 1 aromatic rings. The van der Waals surface area contributed by atoms with Gasteiger partial charge >= 0.3 is 12.1 Å². The highest BCUT2D eigenvalue weighted by Crippen LogP contribution is 2.22. The van der Waals surface area contributed by atoms with Crippen molar-refractivity contribution in [2.45, 2.75) is 39.2 Å². The van der Waals surface area contributed by atoms with Crippen molar-refractivity contribution in [1.29, 1.82) is 0 Å². The first-order valence-corrected chi connectivity index (χ1v) is 7.57. The molecular weight excluding hydrogens is 286 g/mol. The minimum atomic E-state index is -0.444. The molecule has 0 aromatic carbocycles. The SMILES string of the molecule is CCOC(=O)[C@@H](CC)CC[C@H]1CN(c2ncccn2)C(=O)O1. The van der Waals surface area contributed by atoms with Crippen LogP contribution in [0.4, 0.5) is 10.7 Å². The first-order valence-electron chi connectivity index (χ1n) is 7.57. The molecule has 1 amide bonds. The molecule has 1 aliphatic heterocycles. The van der Waals surface area contributed by atoms with Gasteiger partial charge in [-0.2, -0.15) is 0 Å². The van der Waals surface area contributed by atoms with Crippen LogP contribution in [0, 0.1) is 5.92 Å². The number of aromatic nitrogens is 2. The zero-order chi connectivity index (χ0) is 15.9. The maximum atomic E-state index is 11.9. The molecule has 1 aromatic heterocycles. The normalized spacial score (nSPS) is 18.9. The predicted octanol–water partition coefficient (Wildman–Crippen LogP) is 2.17. The van der Waals surface area contributed by atoms with Crippen LogP contribution in [0.5, 0.6) is 0 Å². The standard InChI is InChI=1S/C15H21N3O4/c1-3-11(13(19)21-4-2)6-7-12-10-18(15(20)22-12)14-16-8-5-9-17-14/h5,8-9,11-12H,3-4,6-7,10H2,1-2H3/t11-,12-/m0/s1. The highest BCUT2D eigenvalue weighted by molar-refractivity contribution is 5.87. The largest absolute Gasteiger partial charge is 0.466 e. The Balaban J connectivity index is 1.87. The number of esters is 1. The lowest BCUT2D eigenvalue weighted by Crippen LogP contribution is -2.26. The Labute approximate surface area is 129 Å². The molecule has 0 spiro atoms. The third-order valence-electron chi connectivity index (χ3n) is 3.62. The van der Waals surface area contributed by atoms with E-state index in [9.17, 15) is 9.59 Å².